The van der Waals surface area contributed by atoms with E-state index < -0.39 is 35.6 Å². The Hall–Kier alpha value is -1.91. The minimum Gasteiger partial charge on any atom is -0.465 e. The standard InChI is InChI=1S/C8H5F4N3O3S/c9-6(10)8(11,12)3-18-4-5(15(16)17)14-1-2-19-7(14)13-4/h1-2,6H,3H2. The number of thiazole rings is 1. The fraction of sp³-hybridized carbons (Fsp3) is 0.375. The Morgan fingerprint density at radius 1 is 1.58 bits per heavy atom. The van der Waals surface area contributed by atoms with Gasteiger partial charge in [-0.15, -0.1) is 0 Å². The predicted octanol–water partition coefficient (Wildman–Crippen LogP) is 2.58. The van der Waals surface area contributed by atoms with Crippen molar-refractivity contribution >= 4 is 22.1 Å². The Labute approximate surface area is 106 Å². The lowest BCUT2D eigenvalue weighted by molar-refractivity contribution is -0.391. The van der Waals surface area contributed by atoms with Gasteiger partial charge in [0.25, 0.3) is 4.96 Å². The van der Waals surface area contributed by atoms with Crippen molar-refractivity contribution in [3.05, 3.63) is 21.7 Å². The van der Waals surface area contributed by atoms with Crippen LogP contribution in [0.1, 0.15) is 0 Å². The molecule has 0 radical (unpaired) electrons. The van der Waals surface area contributed by atoms with Gasteiger partial charge in [-0.2, -0.15) is 18.2 Å². The van der Waals surface area contributed by atoms with E-state index in [0.29, 0.717) is 0 Å². The van der Waals surface area contributed by atoms with Gasteiger partial charge in [-0.05, 0) is 4.92 Å². The van der Waals surface area contributed by atoms with Gasteiger partial charge in [0.2, 0.25) is 0 Å². The quantitative estimate of drug-likeness (QED) is 0.483. The van der Waals surface area contributed by atoms with Gasteiger partial charge in [-0.25, -0.2) is 8.78 Å². The van der Waals surface area contributed by atoms with Crippen molar-refractivity contribution in [2.24, 2.45) is 0 Å². The summed E-state index contributed by atoms with van der Waals surface area (Å²) in [6.45, 7) is -1.68. The van der Waals surface area contributed by atoms with Crippen LogP contribution < -0.4 is 4.74 Å². The summed E-state index contributed by atoms with van der Waals surface area (Å²) < 4.78 is 54.6. The number of aromatic nitrogens is 2. The minimum absolute atomic E-state index is 0.141. The zero-order valence-electron chi connectivity index (χ0n) is 8.93. The molecule has 19 heavy (non-hydrogen) atoms. The molecule has 0 amide bonds. The summed E-state index contributed by atoms with van der Waals surface area (Å²) >= 11 is 1.01. The topological polar surface area (TPSA) is 69.7 Å². The zero-order valence-corrected chi connectivity index (χ0v) is 9.74. The van der Waals surface area contributed by atoms with E-state index in [-0.39, 0.29) is 4.96 Å². The van der Waals surface area contributed by atoms with Crippen LogP contribution >= 0.6 is 11.3 Å². The summed E-state index contributed by atoms with van der Waals surface area (Å²) in [6, 6.07) is 0. The number of rotatable bonds is 5. The molecule has 2 aromatic rings. The van der Waals surface area contributed by atoms with Crippen LogP contribution in [0.15, 0.2) is 11.6 Å². The molecule has 0 fully saturated rings. The average molecular weight is 299 g/mol. The van der Waals surface area contributed by atoms with Gasteiger partial charge in [0.05, 0.1) is 0 Å². The third-order valence-electron chi connectivity index (χ3n) is 2.10. The zero-order chi connectivity index (χ0) is 14.2. The third kappa shape index (κ3) is 2.45. The highest BCUT2D eigenvalue weighted by Gasteiger charge is 2.42. The first kappa shape index (κ1) is 13.5. The molecule has 2 rings (SSSR count). The molecule has 0 aliphatic rings. The Kier molecular flexibility index (Phi) is 3.30. The number of nitrogens with zero attached hydrogens (tertiary/aromatic N) is 3. The molecule has 2 heterocycles. The Bertz CT molecular complexity index is 611. The average Bonchev–Trinajstić information content (AvgIpc) is 2.84. The van der Waals surface area contributed by atoms with E-state index in [4.69, 9.17) is 0 Å². The second kappa shape index (κ2) is 4.64. The van der Waals surface area contributed by atoms with E-state index in [1.54, 1.807) is 0 Å². The Morgan fingerprint density at radius 2 is 2.26 bits per heavy atom. The number of halogens is 4. The second-order valence-corrected chi connectivity index (χ2v) is 4.28. The number of nitro groups is 1. The van der Waals surface area contributed by atoms with Crippen LogP contribution in [0.5, 0.6) is 5.88 Å². The van der Waals surface area contributed by atoms with E-state index in [9.17, 15) is 27.7 Å². The van der Waals surface area contributed by atoms with E-state index in [1.165, 1.54) is 11.6 Å². The molecule has 0 aliphatic heterocycles. The Balaban J connectivity index is 2.28. The number of hydrogen-bond acceptors (Lipinski definition) is 5. The lowest BCUT2D eigenvalue weighted by Crippen LogP contribution is -2.33. The molecule has 0 aromatic carbocycles. The van der Waals surface area contributed by atoms with Gasteiger partial charge in [0.1, 0.15) is 6.20 Å². The van der Waals surface area contributed by atoms with Crippen LogP contribution in [-0.4, -0.2) is 33.3 Å². The van der Waals surface area contributed by atoms with Crippen molar-refractivity contribution in [3.63, 3.8) is 0 Å². The molecular formula is C8H5F4N3O3S. The molecule has 0 unspecified atom stereocenters. The predicted molar refractivity (Wildman–Crippen MR) is 56.2 cm³/mol. The van der Waals surface area contributed by atoms with Crippen LogP contribution in [0.2, 0.25) is 0 Å². The highest BCUT2D eigenvalue weighted by Crippen LogP contribution is 2.32. The maximum atomic E-state index is 12.7. The smallest absolute Gasteiger partial charge is 0.393 e. The van der Waals surface area contributed by atoms with Crippen LogP contribution in [0, 0.1) is 10.1 Å². The molecule has 104 valence electrons. The summed E-state index contributed by atoms with van der Waals surface area (Å²) in [5.74, 6) is -5.79. The lowest BCUT2D eigenvalue weighted by Gasteiger charge is -2.14. The van der Waals surface area contributed by atoms with Crippen LogP contribution in [0.25, 0.3) is 4.96 Å². The van der Waals surface area contributed by atoms with Crippen molar-refractivity contribution in [3.8, 4) is 5.88 Å². The largest absolute Gasteiger partial charge is 0.465 e. The van der Waals surface area contributed by atoms with E-state index in [2.05, 4.69) is 9.72 Å². The van der Waals surface area contributed by atoms with Crippen LogP contribution in [0.4, 0.5) is 23.4 Å². The van der Waals surface area contributed by atoms with Crippen molar-refractivity contribution in [2.75, 3.05) is 6.61 Å². The first-order valence-corrected chi connectivity index (χ1v) is 5.59. The lowest BCUT2D eigenvalue weighted by atomic mass is 10.4. The van der Waals surface area contributed by atoms with E-state index in [1.807, 2.05) is 0 Å². The number of hydrogen-bond donors (Lipinski definition) is 0. The van der Waals surface area contributed by atoms with Gasteiger partial charge >= 0.3 is 24.0 Å². The molecule has 11 heteroatoms. The molecule has 0 aliphatic carbocycles. The van der Waals surface area contributed by atoms with Crippen molar-refractivity contribution < 1.29 is 27.2 Å². The first-order valence-electron chi connectivity index (χ1n) is 4.71. The highest BCUT2D eigenvalue weighted by molar-refractivity contribution is 7.15. The van der Waals surface area contributed by atoms with Crippen molar-refractivity contribution in [1.29, 1.82) is 0 Å². The van der Waals surface area contributed by atoms with Gasteiger partial charge in [-0.3, -0.25) is 0 Å². The number of fused-ring (bicyclic) bond motifs is 1. The summed E-state index contributed by atoms with van der Waals surface area (Å²) in [7, 11) is 0. The van der Waals surface area contributed by atoms with E-state index in [0.717, 1.165) is 15.7 Å². The summed E-state index contributed by atoms with van der Waals surface area (Å²) in [5, 5.41) is 12.3. The number of alkyl halides is 4. The van der Waals surface area contributed by atoms with Gasteiger partial charge < -0.3 is 14.9 Å². The second-order valence-electron chi connectivity index (χ2n) is 3.40. The number of imidazole rings is 1. The molecule has 0 spiro atoms. The van der Waals surface area contributed by atoms with Gasteiger partial charge in [0, 0.05) is 5.38 Å². The van der Waals surface area contributed by atoms with Gasteiger partial charge in [-0.1, -0.05) is 11.3 Å². The molecular weight excluding hydrogens is 294 g/mol. The molecule has 0 atom stereocenters. The van der Waals surface area contributed by atoms with Crippen molar-refractivity contribution in [2.45, 2.75) is 12.3 Å². The van der Waals surface area contributed by atoms with Crippen molar-refractivity contribution in [1.82, 2.24) is 9.38 Å². The van der Waals surface area contributed by atoms with Crippen LogP contribution in [0.3, 0.4) is 0 Å². The molecule has 0 bridgehead atoms. The fourth-order valence-corrected chi connectivity index (χ4v) is 1.95. The maximum Gasteiger partial charge on any atom is 0.393 e. The SMILES string of the molecule is O=[N+]([O-])c1c(OCC(F)(F)C(F)F)nc2sccn12. The summed E-state index contributed by atoms with van der Waals surface area (Å²) in [4.78, 5) is 13.6. The summed E-state index contributed by atoms with van der Waals surface area (Å²) in [5.41, 5.74) is 0. The molecule has 0 N–H and O–H groups in total. The monoisotopic (exact) mass is 299 g/mol. The minimum atomic E-state index is -4.40. The van der Waals surface area contributed by atoms with Gasteiger partial charge in [0.15, 0.2) is 6.61 Å². The number of ether oxygens (including phenoxy) is 1. The molecule has 0 saturated heterocycles. The maximum absolute atomic E-state index is 12.7. The normalized spacial score (nSPS) is 12.3. The van der Waals surface area contributed by atoms with Crippen LogP contribution in [-0.2, 0) is 0 Å². The third-order valence-corrected chi connectivity index (χ3v) is 2.86. The molecule has 0 saturated carbocycles. The Morgan fingerprint density at radius 3 is 2.84 bits per heavy atom. The molecule has 6 nitrogen and oxygen atoms in total. The highest BCUT2D eigenvalue weighted by atomic mass is 32.1. The molecule has 2 aromatic heterocycles. The fourth-order valence-electron chi connectivity index (χ4n) is 1.24. The first-order chi connectivity index (χ1) is 8.83. The summed E-state index contributed by atoms with van der Waals surface area (Å²) in [6.07, 6.45) is -2.63. The van der Waals surface area contributed by atoms with E-state index >= 15 is 0 Å².